The van der Waals surface area contributed by atoms with Crippen LogP contribution < -0.4 is 0 Å². The van der Waals surface area contributed by atoms with Crippen LogP contribution >= 0.6 is 0 Å². The maximum absolute atomic E-state index is 10.8. The number of hydrogen-bond donors (Lipinski definition) is 1. The van der Waals surface area contributed by atoms with Gasteiger partial charge >= 0.3 is 5.97 Å². The topological polar surface area (TPSA) is 40.5 Å². The van der Waals surface area contributed by atoms with Crippen LogP contribution in [0, 0.1) is 5.92 Å². The van der Waals surface area contributed by atoms with Crippen LogP contribution in [0.3, 0.4) is 0 Å². The number of aliphatic carboxylic acids is 1. The van der Waals surface area contributed by atoms with E-state index in [1.165, 1.54) is 19.3 Å². The first-order valence-electron chi connectivity index (χ1n) is 5.24. The average Bonchev–Trinajstić information content (AvgIpc) is 2.01. The molecular formula is C10H17NO2. The molecule has 0 aromatic rings. The van der Waals surface area contributed by atoms with E-state index in [4.69, 9.17) is 5.11 Å². The Kier molecular flexibility index (Phi) is 2.54. The highest BCUT2D eigenvalue weighted by Gasteiger charge is 2.31. The summed E-state index contributed by atoms with van der Waals surface area (Å²) in [4.78, 5) is 13.2. The van der Waals surface area contributed by atoms with Gasteiger partial charge in [0.2, 0.25) is 0 Å². The van der Waals surface area contributed by atoms with Gasteiger partial charge in [-0.3, -0.25) is 9.69 Å². The van der Waals surface area contributed by atoms with Crippen molar-refractivity contribution >= 4 is 5.97 Å². The van der Waals surface area contributed by atoms with Crippen molar-refractivity contribution in [3.05, 3.63) is 0 Å². The van der Waals surface area contributed by atoms with Crippen LogP contribution in [-0.2, 0) is 4.79 Å². The predicted molar refractivity (Wildman–Crippen MR) is 49.6 cm³/mol. The van der Waals surface area contributed by atoms with E-state index < -0.39 is 5.97 Å². The van der Waals surface area contributed by atoms with E-state index in [9.17, 15) is 4.79 Å². The van der Waals surface area contributed by atoms with Gasteiger partial charge in [0, 0.05) is 12.6 Å². The molecule has 0 amide bonds. The molecule has 2 rings (SSSR count). The van der Waals surface area contributed by atoms with Crippen LogP contribution in [0.5, 0.6) is 0 Å². The lowest BCUT2D eigenvalue weighted by Crippen LogP contribution is -2.47. The standard InChI is InChI=1S/C10H17NO2/c12-10(13)8-3-2-6-11(7-8)9-4-1-5-9/h8-9H,1-7H2,(H,12,13)/t8-/m0/s1. The molecule has 1 aliphatic heterocycles. The summed E-state index contributed by atoms with van der Waals surface area (Å²) >= 11 is 0. The maximum atomic E-state index is 10.8. The van der Waals surface area contributed by atoms with E-state index in [0.29, 0.717) is 6.04 Å². The van der Waals surface area contributed by atoms with Gasteiger partial charge in [-0.1, -0.05) is 6.42 Å². The molecule has 2 aliphatic rings. The Hall–Kier alpha value is -0.570. The van der Waals surface area contributed by atoms with Crippen molar-refractivity contribution in [3.8, 4) is 0 Å². The second-order valence-corrected chi connectivity index (χ2v) is 4.26. The monoisotopic (exact) mass is 183 g/mol. The molecule has 0 aromatic heterocycles. The molecule has 13 heavy (non-hydrogen) atoms. The molecular weight excluding hydrogens is 166 g/mol. The minimum Gasteiger partial charge on any atom is -0.481 e. The molecule has 1 N–H and O–H groups in total. The van der Waals surface area contributed by atoms with Crippen molar-refractivity contribution in [1.82, 2.24) is 4.90 Å². The Morgan fingerprint density at radius 3 is 2.54 bits per heavy atom. The van der Waals surface area contributed by atoms with Gasteiger partial charge in [0.1, 0.15) is 0 Å². The van der Waals surface area contributed by atoms with E-state index >= 15 is 0 Å². The molecule has 0 spiro atoms. The molecule has 3 nitrogen and oxygen atoms in total. The Labute approximate surface area is 78.7 Å². The third-order valence-corrected chi connectivity index (χ3v) is 3.39. The Morgan fingerprint density at radius 2 is 2.00 bits per heavy atom. The van der Waals surface area contributed by atoms with Gasteiger partial charge in [0.15, 0.2) is 0 Å². The van der Waals surface area contributed by atoms with Crippen molar-refractivity contribution in [1.29, 1.82) is 0 Å². The van der Waals surface area contributed by atoms with E-state index in [2.05, 4.69) is 4.90 Å². The fourth-order valence-electron chi connectivity index (χ4n) is 2.29. The van der Waals surface area contributed by atoms with Crippen LogP contribution in [0.15, 0.2) is 0 Å². The number of carbonyl (C=O) groups is 1. The Bertz CT molecular complexity index is 201. The summed E-state index contributed by atoms with van der Waals surface area (Å²) in [6.45, 7) is 1.91. The molecule has 1 saturated carbocycles. The van der Waals surface area contributed by atoms with Gasteiger partial charge < -0.3 is 5.11 Å². The van der Waals surface area contributed by atoms with Crippen LogP contribution in [0.2, 0.25) is 0 Å². The summed E-state index contributed by atoms with van der Waals surface area (Å²) in [5.74, 6) is -0.710. The van der Waals surface area contributed by atoms with Crippen LogP contribution in [0.25, 0.3) is 0 Å². The summed E-state index contributed by atoms with van der Waals surface area (Å²) in [7, 11) is 0. The minimum atomic E-state index is -0.607. The fraction of sp³-hybridized carbons (Fsp3) is 0.900. The number of rotatable bonds is 2. The van der Waals surface area contributed by atoms with Crippen molar-refractivity contribution in [3.63, 3.8) is 0 Å². The molecule has 0 bridgehead atoms. The van der Waals surface area contributed by atoms with Crippen molar-refractivity contribution in [2.24, 2.45) is 5.92 Å². The van der Waals surface area contributed by atoms with Crippen LogP contribution in [-0.4, -0.2) is 35.1 Å². The molecule has 74 valence electrons. The maximum Gasteiger partial charge on any atom is 0.307 e. The second kappa shape index (κ2) is 3.66. The highest BCUT2D eigenvalue weighted by molar-refractivity contribution is 5.70. The number of likely N-dealkylation sites (tertiary alicyclic amines) is 1. The van der Waals surface area contributed by atoms with Crippen molar-refractivity contribution in [2.45, 2.75) is 38.1 Å². The Balaban J connectivity index is 1.87. The van der Waals surface area contributed by atoms with Crippen LogP contribution in [0.4, 0.5) is 0 Å². The molecule has 1 saturated heterocycles. The average molecular weight is 183 g/mol. The van der Waals surface area contributed by atoms with Crippen LogP contribution in [0.1, 0.15) is 32.1 Å². The molecule has 1 aliphatic carbocycles. The van der Waals surface area contributed by atoms with Gasteiger partial charge in [0.25, 0.3) is 0 Å². The van der Waals surface area contributed by atoms with Crippen molar-refractivity contribution < 1.29 is 9.90 Å². The number of nitrogens with zero attached hydrogens (tertiary/aromatic N) is 1. The van der Waals surface area contributed by atoms with Gasteiger partial charge in [-0.25, -0.2) is 0 Å². The van der Waals surface area contributed by atoms with E-state index in [1.807, 2.05) is 0 Å². The first-order valence-corrected chi connectivity index (χ1v) is 5.24. The third-order valence-electron chi connectivity index (χ3n) is 3.39. The summed E-state index contributed by atoms with van der Waals surface area (Å²) in [5.41, 5.74) is 0. The summed E-state index contributed by atoms with van der Waals surface area (Å²) in [6, 6.07) is 0.710. The fourth-order valence-corrected chi connectivity index (χ4v) is 2.29. The predicted octanol–water partition coefficient (Wildman–Crippen LogP) is 1.34. The molecule has 3 heteroatoms. The number of piperidine rings is 1. The highest BCUT2D eigenvalue weighted by atomic mass is 16.4. The SMILES string of the molecule is O=C(O)[C@H]1CCCN(C2CCC2)C1. The quantitative estimate of drug-likeness (QED) is 0.702. The van der Waals surface area contributed by atoms with Gasteiger partial charge in [-0.2, -0.15) is 0 Å². The molecule has 2 fully saturated rings. The zero-order chi connectivity index (χ0) is 9.26. The summed E-state index contributed by atoms with van der Waals surface area (Å²) in [6.07, 6.45) is 5.84. The Morgan fingerprint density at radius 1 is 1.23 bits per heavy atom. The van der Waals surface area contributed by atoms with E-state index in [0.717, 1.165) is 25.9 Å². The van der Waals surface area contributed by atoms with Gasteiger partial charge in [0.05, 0.1) is 5.92 Å². The molecule has 0 radical (unpaired) electrons. The molecule has 0 aromatic carbocycles. The summed E-state index contributed by atoms with van der Waals surface area (Å²) in [5, 5.41) is 8.90. The molecule has 1 heterocycles. The molecule has 0 unspecified atom stereocenters. The van der Waals surface area contributed by atoms with Crippen molar-refractivity contribution in [2.75, 3.05) is 13.1 Å². The zero-order valence-corrected chi connectivity index (χ0v) is 7.91. The van der Waals surface area contributed by atoms with Gasteiger partial charge in [-0.05, 0) is 32.2 Å². The first-order chi connectivity index (χ1) is 6.27. The largest absolute Gasteiger partial charge is 0.481 e. The number of carboxylic acid groups (broad SMARTS) is 1. The smallest absolute Gasteiger partial charge is 0.307 e. The highest BCUT2D eigenvalue weighted by Crippen LogP contribution is 2.28. The lowest BCUT2D eigenvalue weighted by Gasteiger charge is -2.41. The lowest BCUT2D eigenvalue weighted by atomic mass is 9.88. The van der Waals surface area contributed by atoms with E-state index in [1.54, 1.807) is 0 Å². The zero-order valence-electron chi connectivity index (χ0n) is 7.91. The lowest BCUT2D eigenvalue weighted by molar-refractivity contribution is -0.144. The van der Waals surface area contributed by atoms with Gasteiger partial charge in [-0.15, -0.1) is 0 Å². The number of carboxylic acids is 1. The normalized spacial score (nSPS) is 31.2. The first kappa shape index (κ1) is 9.00. The minimum absolute atomic E-state index is 0.102. The molecule has 1 atom stereocenters. The second-order valence-electron chi connectivity index (χ2n) is 4.26. The third kappa shape index (κ3) is 1.85. The summed E-state index contributed by atoms with van der Waals surface area (Å²) < 4.78 is 0. The van der Waals surface area contributed by atoms with E-state index in [-0.39, 0.29) is 5.92 Å². The number of hydrogen-bond acceptors (Lipinski definition) is 2.